The number of phenolic OH excluding ortho intramolecular Hbond substituents is 1. The van der Waals surface area contributed by atoms with Gasteiger partial charge in [0.05, 0.1) is 151 Å². The number of aryl methyl sites for hydroxylation is 2. The number of anilines is 10. The van der Waals surface area contributed by atoms with Crippen molar-refractivity contribution in [1.82, 2.24) is 49.8 Å². The fourth-order valence-electron chi connectivity index (χ4n) is 13.7. The van der Waals surface area contributed by atoms with Gasteiger partial charge in [-0.25, -0.2) is 54.6 Å². The number of hydrogen-bond donors (Lipinski definition) is 13. The van der Waals surface area contributed by atoms with Crippen LogP contribution in [0.15, 0.2) is 103 Å². The maximum atomic E-state index is 11.9. The van der Waals surface area contributed by atoms with Gasteiger partial charge < -0.3 is 80.0 Å². The normalized spacial score (nSPS) is 13.5. The van der Waals surface area contributed by atoms with E-state index in [2.05, 4.69) is 71.4 Å². The molecule has 18 N–H and O–H groups in total. The van der Waals surface area contributed by atoms with Crippen molar-refractivity contribution in [2.45, 2.75) is 144 Å². The predicted molar refractivity (Wildman–Crippen MR) is 518 cm³/mol. The van der Waals surface area contributed by atoms with Crippen molar-refractivity contribution in [3.63, 3.8) is 0 Å². The molecule has 1 atom stereocenters. The summed E-state index contributed by atoms with van der Waals surface area (Å²) in [6.45, 7) is 13.0. The third-order valence-electron chi connectivity index (χ3n) is 21.2. The molecule has 38 heteroatoms. The number of hydrogen-bond acceptors (Lipinski definition) is 36. The summed E-state index contributed by atoms with van der Waals surface area (Å²) in [5.41, 5.74) is 43.6. The molecule has 1 unspecified atom stereocenters. The highest BCUT2D eigenvalue weighted by Gasteiger charge is 2.32. The molecule has 0 radical (unpaired) electrons. The summed E-state index contributed by atoms with van der Waals surface area (Å²) < 4.78 is 10.2. The number of rotatable bonds is 24. The zero-order valence-corrected chi connectivity index (χ0v) is 77.1. The van der Waals surface area contributed by atoms with Gasteiger partial charge in [-0.2, -0.15) is 0 Å². The number of phenols is 1. The molecule has 129 heavy (non-hydrogen) atoms. The molecule has 4 aliphatic rings. The van der Waals surface area contributed by atoms with Crippen molar-refractivity contribution in [2.24, 2.45) is 0 Å². The third kappa shape index (κ3) is 20.2. The first kappa shape index (κ1) is 91.0. The Bertz CT molecular complexity index is 6970. The van der Waals surface area contributed by atoms with E-state index in [1.54, 1.807) is 62.6 Å². The number of benzene rings is 5. The van der Waals surface area contributed by atoms with Crippen molar-refractivity contribution >= 4 is 224 Å². The molecule has 5 aromatic carbocycles. The molecule has 0 saturated heterocycles. The van der Waals surface area contributed by atoms with Gasteiger partial charge in [0, 0.05) is 92.6 Å². The third-order valence-corrected chi connectivity index (χ3v) is 27.9. The molecular weight excluding hydrogens is 1780 g/mol. The highest BCUT2D eigenvalue weighted by atomic mass is 35.5. The number of nitrogen functional groups attached to an aromatic ring is 5. The molecule has 19 rings (SSSR count). The molecule has 4 saturated carbocycles. The lowest BCUT2D eigenvalue weighted by Crippen LogP contribution is -2.21. The van der Waals surface area contributed by atoms with Gasteiger partial charge in [-0.05, 0) is 125 Å². The second-order valence-electron chi connectivity index (χ2n) is 31.5. The number of methoxy groups -OCH3 is 2. The Morgan fingerprint density at radius 2 is 0.713 bits per heavy atom. The molecule has 4 aliphatic carbocycles. The first-order chi connectivity index (χ1) is 61.8. The molecule has 0 bridgehead atoms. The number of carbonyl (C=O) groups is 6. The number of aromatic nitrogens is 10. The Morgan fingerprint density at radius 1 is 0.411 bits per heavy atom. The molecule has 10 heterocycles. The fraction of sp³-hybridized carbons (Fsp3) is 0.275. The summed E-state index contributed by atoms with van der Waals surface area (Å²) in [6.07, 6.45) is 8.88. The lowest BCUT2D eigenvalue weighted by Gasteiger charge is -2.13. The van der Waals surface area contributed by atoms with Gasteiger partial charge in [-0.3, -0.25) is 24.0 Å². The molecule has 0 amide bonds. The number of halogens is 2. The second kappa shape index (κ2) is 38.3. The van der Waals surface area contributed by atoms with E-state index in [0.717, 1.165) is 112 Å². The van der Waals surface area contributed by atoms with Crippen LogP contribution in [0.1, 0.15) is 168 Å². The van der Waals surface area contributed by atoms with Gasteiger partial charge in [0.2, 0.25) is 29.7 Å². The number of fused-ring (bicyclic) bond motifs is 5. The SMILES string of the molecule is CC(=O)c1sc2nc(NC(C)CO)nc(-c3ccc(Cl)c(Cl)c3)c2c1N.CC(=O)c1sc2nc(NC3CC3)nc(-c3ccc(C)c(O)c3)c2c1N.CC(=O)c1sc2nc(NC3CC3)nc(-c3ccc(CO)cc3)c2c1N.COC(=O)c1ccc(-c2nc(NC3CC3)nc3sc(C(C)=O)c(N)c23)cc1.COc1cc(-c2nc(NC3CC3)nc3sc(C(C)=O)c(N)c23)ccc1C. The van der Waals surface area contributed by atoms with Gasteiger partial charge in [0.1, 0.15) is 35.7 Å². The van der Waals surface area contributed by atoms with Crippen molar-refractivity contribution in [1.29, 1.82) is 0 Å². The Balaban J connectivity index is 0.000000124. The minimum Gasteiger partial charge on any atom is -0.508 e. The minimum absolute atomic E-state index is 0.0109. The molecular formula is C91H90Cl2N20O11S5. The van der Waals surface area contributed by atoms with Crippen LogP contribution in [-0.4, -0.2) is 151 Å². The minimum atomic E-state index is -0.403. The van der Waals surface area contributed by atoms with E-state index in [-0.39, 0.29) is 53.9 Å². The molecule has 664 valence electrons. The molecule has 31 nitrogen and oxygen atoms in total. The monoisotopic (exact) mass is 1870 g/mol. The van der Waals surface area contributed by atoms with Crippen LogP contribution >= 0.6 is 79.9 Å². The number of aliphatic hydroxyl groups excluding tert-OH is 2. The number of thiophene rings is 5. The lowest BCUT2D eigenvalue weighted by atomic mass is 10.0. The smallest absolute Gasteiger partial charge is 0.337 e. The van der Waals surface area contributed by atoms with E-state index in [4.69, 9.17) is 66.3 Å². The van der Waals surface area contributed by atoms with Crippen LogP contribution in [-0.2, 0) is 11.3 Å². The van der Waals surface area contributed by atoms with Crippen LogP contribution in [0.3, 0.4) is 0 Å². The summed E-state index contributed by atoms with van der Waals surface area (Å²) in [4.78, 5) is 123. The average Bonchev–Trinajstić information content (AvgIpc) is 1.64. The maximum absolute atomic E-state index is 11.9. The van der Waals surface area contributed by atoms with E-state index >= 15 is 0 Å². The summed E-state index contributed by atoms with van der Waals surface area (Å²) in [5.74, 6) is 2.64. The second-order valence-corrected chi connectivity index (χ2v) is 37.3. The molecule has 10 aromatic heterocycles. The van der Waals surface area contributed by atoms with Crippen molar-refractivity contribution in [3.8, 4) is 67.8 Å². The number of ketones is 5. The van der Waals surface area contributed by atoms with Crippen molar-refractivity contribution < 1.29 is 53.6 Å². The quantitative estimate of drug-likeness (QED) is 0.0197. The largest absolute Gasteiger partial charge is 0.508 e. The maximum Gasteiger partial charge on any atom is 0.337 e. The highest BCUT2D eigenvalue weighted by molar-refractivity contribution is 7.23. The number of aliphatic hydroxyl groups is 2. The van der Waals surface area contributed by atoms with E-state index in [1.807, 2.05) is 68.4 Å². The highest BCUT2D eigenvalue weighted by Crippen LogP contribution is 2.47. The molecule has 0 spiro atoms. The van der Waals surface area contributed by atoms with Gasteiger partial charge in [0.15, 0.2) is 28.9 Å². The van der Waals surface area contributed by atoms with Crippen LogP contribution in [0.4, 0.5) is 58.2 Å². The molecule has 15 aromatic rings. The number of nitrogens with two attached hydrogens (primary N) is 5. The van der Waals surface area contributed by atoms with Crippen LogP contribution in [0.2, 0.25) is 10.0 Å². The molecule has 4 fully saturated rings. The number of esters is 1. The zero-order chi connectivity index (χ0) is 91.8. The number of ether oxygens (including phenoxy) is 2. The summed E-state index contributed by atoms with van der Waals surface area (Å²) >= 11 is 18.5. The van der Waals surface area contributed by atoms with Crippen LogP contribution in [0, 0.1) is 13.8 Å². The average molecular weight is 1870 g/mol. The molecule has 0 aliphatic heterocycles. The van der Waals surface area contributed by atoms with Crippen molar-refractivity contribution in [2.75, 3.05) is 76.1 Å². The number of aromatic hydroxyl groups is 1. The lowest BCUT2D eigenvalue weighted by molar-refractivity contribution is 0.0600. The number of carbonyl (C=O) groups excluding carboxylic acids is 6. The van der Waals surface area contributed by atoms with E-state index in [9.17, 15) is 44.1 Å². The Labute approximate surface area is 769 Å². The first-order valence-electron chi connectivity index (χ1n) is 41.0. The van der Waals surface area contributed by atoms with E-state index in [1.165, 1.54) is 98.4 Å². The zero-order valence-electron chi connectivity index (χ0n) is 71.5. The summed E-state index contributed by atoms with van der Waals surface area (Å²) in [5, 5.41) is 49.1. The summed E-state index contributed by atoms with van der Waals surface area (Å²) in [6, 6.07) is 32.3. The van der Waals surface area contributed by atoms with Crippen LogP contribution in [0.25, 0.3) is 107 Å². The Kier molecular flexibility index (Phi) is 27.0. The van der Waals surface area contributed by atoms with Crippen LogP contribution < -0.4 is 60.0 Å². The van der Waals surface area contributed by atoms with Crippen LogP contribution in [0.5, 0.6) is 11.5 Å². The van der Waals surface area contributed by atoms with Gasteiger partial charge >= 0.3 is 5.97 Å². The number of nitrogens with one attached hydrogen (secondary N) is 5. The van der Waals surface area contributed by atoms with Crippen molar-refractivity contribution in [3.05, 3.63) is 160 Å². The first-order valence-corrected chi connectivity index (χ1v) is 45.9. The standard InChI is InChI=1S/C19H18N4O3S.C19H20N4O2S.2C18H18N4O2S.C17H16Cl2N4O2S/c1-9(24)16-14(20)13-15(10-3-5-11(6-4-10)18(25)26-2)22-19(21-12-7-8-12)23-17(13)27-16;1-9-4-5-11(8-13(9)25-3)16-14-15(20)17(10(2)24)26-18(14)23-19(22-16)21-12-6-7-12;1-8-3-4-10(7-12(8)24)15-13-14(19)16(9(2)23)25-17(13)22-18(21-15)20-11-5-6-11;1-9(24)16-14(19)13-15(11-4-2-10(8-23)3-5-11)21-18(20-12-6-7-12)22-17(13)25-16;1-7(6-24)21-17-22-14(9-3-4-10(18)11(19)5-9)12-13(20)15(8(2)25)26-16(12)23-17/h3-6,12H,7-8,20H2,1-2H3,(H,21,22,23);4-5,8,12H,6-7,20H2,1-3H3,(H,21,22,23);3-4,7,11,24H,5-6,19H2,1-2H3,(H,20,21,22);2-5,12,23H,6-8,19H2,1H3,(H,20,21,22);3-5,7,24H,6,20H2,1-2H3,(H,21,22,23). The Hall–Kier alpha value is -12.8. The predicted octanol–water partition coefficient (Wildman–Crippen LogP) is 18.7. The van der Waals surface area contributed by atoms with Gasteiger partial charge in [-0.1, -0.05) is 89.9 Å². The van der Waals surface area contributed by atoms with E-state index in [0.29, 0.717) is 192 Å². The van der Waals surface area contributed by atoms with Gasteiger partial charge in [0.25, 0.3) is 0 Å². The van der Waals surface area contributed by atoms with Gasteiger partial charge in [-0.15, -0.1) is 56.7 Å². The topological polar surface area (TPSA) is 501 Å². The Morgan fingerprint density at radius 3 is 1.02 bits per heavy atom. The van der Waals surface area contributed by atoms with E-state index < -0.39 is 5.97 Å². The number of nitrogens with zero attached hydrogens (tertiary/aromatic N) is 10. The number of Topliss-reactive ketones (excluding diaryl/α,β-unsaturated/α-hetero) is 5. The summed E-state index contributed by atoms with van der Waals surface area (Å²) in [7, 11) is 2.99. The fourth-order valence-corrected chi connectivity index (χ4v) is 19.0.